The number of aliphatic hydroxyl groups excluding tert-OH is 1. The van der Waals surface area contributed by atoms with E-state index in [1.54, 1.807) is 14.2 Å². The number of piperazine rings is 1. The topological polar surface area (TPSA) is 45.2 Å². The predicted molar refractivity (Wildman–Crippen MR) is 105 cm³/mol. The molecule has 0 bridgehead atoms. The summed E-state index contributed by atoms with van der Waals surface area (Å²) < 4.78 is 10.8. The van der Waals surface area contributed by atoms with Crippen LogP contribution in [-0.4, -0.2) is 56.9 Å². The normalized spacial score (nSPS) is 16.4. The van der Waals surface area contributed by atoms with Crippen LogP contribution in [0.2, 0.25) is 5.02 Å². The van der Waals surface area contributed by atoms with Crippen LogP contribution in [0.3, 0.4) is 0 Å². The predicted octanol–water partition coefficient (Wildman–Crippen LogP) is 3.21. The molecule has 1 aliphatic heterocycles. The van der Waals surface area contributed by atoms with Crippen LogP contribution in [0.15, 0.2) is 42.5 Å². The van der Waals surface area contributed by atoms with E-state index < -0.39 is 6.10 Å². The second-order valence-corrected chi connectivity index (χ2v) is 6.83. The molecule has 2 aromatic carbocycles. The molecule has 0 aromatic heterocycles. The average molecular weight is 377 g/mol. The van der Waals surface area contributed by atoms with Gasteiger partial charge >= 0.3 is 0 Å². The molecule has 0 radical (unpaired) electrons. The Labute approximate surface area is 159 Å². The molecule has 1 saturated heterocycles. The van der Waals surface area contributed by atoms with Crippen LogP contribution in [0.1, 0.15) is 11.7 Å². The molecule has 1 aliphatic rings. The first-order chi connectivity index (χ1) is 12.6. The monoisotopic (exact) mass is 376 g/mol. The molecule has 2 aromatic rings. The molecule has 1 N–H and O–H groups in total. The van der Waals surface area contributed by atoms with Crippen molar-refractivity contribution in [3.63, 3.8) is 0 Å². The Hall–Kier alpha value is -1.95. The maximum atomic E-state index is 10.5. The van der Waals surface area contributed by atoms with Gasteiger partial charge < -0.3 is 19.5 Å². The molecule has 0 unspecified atom stereocenters. The maximum Gasteiger partial charge on any atom is 0.145 e. The summed E-state index contributed by atoms with van der Waals surface area (Å²) in [6.45, 7) is 4.13. The lowest BCUT2D eigenvalue weighted by atomic mass is 10.1. The Bertz CT molecular complexity index is 733. The Morgan fingerprint density at radius 1 is 1.04 bits per heavy atom. The van der Waals surface area contributed by atoms with Crippen LogP contribution in [0.5, 0.6) is 11.5 Å². The molecule has 5 nitrogen and oxygen atoms in total. The fraction of sp³-hybridized carbons (Fsp3) is 0.400. The summed E-state index contributed by atoms with van der Waals surface area (Å²) in [5, 5.41) is 11.1. The zero-order valence-electron chi connectivity index (χ0n) is 15.2. The van der Waals surface area contributed by atoms with Gasteiger partial charge in [-0.15, -0.1) is 0 Å². The van der Waals surface area contributed by atoms with E-state index in [1.807, 2.05) is 42.5 Å². The van der Waals surface area contributed by atoms with Crippen molar-refractivity contribution >= 4 is 17.3 Å². The van der Waals surface area contributed by atoms with E-state index in [-0.39, 0.29) is 0 Å². The third-order valence-electron chi connectivity index (χ3n) is 4.76. The first-order valence-electron chi connectivity index (χ1n) is 8.73. The standard InChI is InChI=1S/C20H25ClN2O3/c1-25-17-6-7-18(20(13-17)26-2)23-10-8-22(9-11-23)14-19(24)15-4-3-5-16(21)12-15/h3-7,12-13,19,24H,8-11,14H2,1-2H3/t19-/m0/s1. The van der Waals surface area contributed by atoms with Gasteiger partial charge in [0.15, 0.2) is 0 Å². The number of nitrogens with zero attached hydrogens (tertiary/aromatic N) is 2. The lowest BCUT2D eigenvalue weighted by Gasteiger charge is -2.37. The third-order valence-corrected chi connectivity index (χ3v) is 5.00. The van der Waals surface area contributed by atoms with Crippen molar-refractivity contribution in [1.29, 1.82) is 0 Å². The van der Waals surface area contributed by atoms with Gasteiger partial charge in [0, 0.05) is 43.8 Å². The SMILES string of the molecule is COc1ccc(N2CCN(C[C@H](O)c3cccc(Cl)c3)CC2)c(OC)c1. The van der Waals surface area contributed by atoms with E-state index in [0.717, 1.165) is 48.9 Å². The zero-order chi connectivity index (χ0) is 18.5. The van der Waals surface area contributed by atoms with Gasteiger partial charge in [-0.3, -0.25) is 4.90 Å². The molecule has 0 aliphatic carbocycles. The van der Waals surface area contributed by atoms with Gasteiger partial charge in [0.1, 0.15) is 11.5 Å². The summed E-state index contributed by atoms with van der Waals surface area (Å²) in [6, 6.07) is 13.3. The fourth-order valence-corrected chi connectivity index (χ4v) is 3.48. The number of β-amino-alcohol motifs (C(OH)–C–C–N with tert-alkyl or cyclic N) is 1. The third kappa shape index (κ3) is 4.41. The lowest BCUT2D eigenvalue weighted by molar-refractivity contribution is 0.109. The summed E-state index contributed by atoms with van der Waals surface area (Å²) in [7, 11) is 3.33. The number of methoxy groups -OCH3 is 2. The number of benzene rings is 2. The molecule has 0 amide bonds. The molecule has 6 heteroatoms. The van der Waals surface area contributed by atoms with Gasteiger partial charge in [0.2, 0.25) is 0 Å². The number of aliphatic hydroxyl groups is 1. The number of halogens is 1. The number of hydrogen-bond acceptors (Lipinski definition) is 5. The Balaban J connectivity index is 1.59. The molecule has 1 fully saturated rings. The molecule has 3 rings (SSSR count). The van der Waals surface area contributed by atoms with E-state index >= 15 is 0 Å². The molecule has 1 atom stereocenters. The van der Waals surface area contributed by atoms with Gasteiger partial charge in [-0.2, -0.15) is 0 Å². The summed E-state index contributed by atoms with van der Waals surface area (Å²) >= 11 is 6.02. The highest BCUT2D eigenvalue weighted by atomic mass is 35.5. The molecule has 140 valence electrons. The Morgan fingerprint density at radius 3 is 2.46 bits per heavy atom. The van der Waals surface area contributed by atoms with E-state index in [2.05, 4.69) is 9.80 Å². The van der Waals surface area contributed by atoms with Crippen molar-refractivity contribution in [3.05, 3.63) is 53.1 Å². The van der Waals surface area contributed by atoms with Crippen LogP contribution in [0, 0.1) is 0 Å². The van der Waals surface area contributed by atoms with Gasteiger partial charge in [0.05, 0.1) is 26.0 Å². The minimum atomic E-state index is -0.532. The van der Waals surface area contributed by atoms with Crippen LogP contribution in [0.25, 0.3) is 0 Å². The molecule has 26 heavy (non-hydrogen) atoms. The number of ether oxygens (including phenoxy) is 2. The van der Waals surface area contributed by atoms with Crippen molar-refractivity contribution in [2.24, 2.45) is 0 Å². The van der Waals surface area contributed by atoms with E-state index in [4.69, 9.17) is 21.1 Å². The Kier molecular flexibility index (Phi) is 6.25. The minimum Gasteiger partial charge on any atom is -0.497 e. The molecular formula is C20H25ClN2O3. The highest BCUT2D eigenvalue weighted by molar-refractivity contribution is 6.30. The summed E-state index contributed by atoms with van der Waals surface area (Å²) in [5.74, 6) is 1.60. The van der Waals surface area contributed by atoms with Gasteiger partial charge in [-0.1, -0.05) is 23.7 Å². The average Bonchev–Trinajstić information content (AvgIpc) is 2.68. The number of rotatable bonds is 6. The summed E-state index contributed by atoms with van der Waals surface area (Å²) in [4.78, 5) is 4.58. The maximum absolute atomic E-state index is 10.5. The molecule has 0 spiro atoms. The van der Waals surface area contributed by atoms with Gasteiger partial charge in [0.25, 0.3) is 0 Å². The number of hydrogen-bond donors (Lipinski definition) is 1. The number of anilines is 1. The van der Waals surface area contributed by atoms with E-state index in [9.17, 15) is 5.11 Å². The Morgan fingerprint density at radius 2 is 1.81 bits per heavy atom. The van der Waals surface area contributed by atoms with Crippen molar-refractivity contribution < 1.29 is 14.6 Å². The van der Waals surface area contributed by atoms with Crippen molar-refractivity contribution in [2.45, 2.75) is 6.10 Å². The highest BCUT2D eigenvalue weighted by Gasteiger charge is 2.22. The fourth-order valence-electron chi connectivity index (χ4n) is 3.28. The zero-order valence-corrected chi connectivity index (χ0v) is 15.9. The van der Waals surface area contributed by atoms with Gasteiger partial charge in [-0.25, -0.2) is 0 Å². The van der Waals surface area contributed by atoms with Crippen LogP contribution in [-0.2, 0) is 0 Å². The van der Waals surface area contributed by atoms with E-state index in [1.165, 1.54) is 0 Å². The first-order valence-corrected chi connectivity index (χ1v) is 9.11. The lowest BCUT2D eigenvalue weighted by Crippen LogP contribution is -2.47. The van der Waals surface area contributed by atoms with Crippen molar-refractivity contribution in [1.82, 2.24) is 4.90 Å². The van der Waals surface area contributed by atoms with Crippen LogP contribution < -0.4 is 14.4 Å². The minimum absolute atomic E-state index is 0.532. The van der Waals surface area contributed by atoms with E-state index in [0.29, 0.717) is 11.6 Å². The summed E-state index contributed by atoms with van der Waals surface area (Å²) in [5.41, 5.74) is 1.93. The largest absolute Gasteiger partial charge is 0.497 e. The molecule has 0 saturated carbocycles. The smallest absolute Gasteiger partial charge is 0.145 e. The molecule has 1 heterocycles. The van der Waals surface area contributed by atoms with Crippen molar-refractivity contribution in [3.8, 4) is 11.5 Å². The second-order valence-electron chi connectivity index (χ2n) is 6.40. The quantitative estimate of drug-likeness (QED) is 0.838. The van der Waals surface area contributed by atoms with Crippen LogP contribution in [0.4, 0.5) is 5.69 Å². The second kappa shape index (κ2) is 8.62. The highest BCUT2D eigenvalue weighted by Crippen LogP contribution is 2.33. The van der Waals surface area contributed by atoms with Crippen LogP contribution >= 0.6 is 11.6 Å². The molecular weight excluding hydrogens is 352 g/mol. The first kappa shape index (κ1) is 18.8. The summed E-state index contributed by atoms with van der Waals surface area (Å²) in [6.07, 6.45) is -0.532. The van der Waals surface area contributed by atoms with Gasteiger partial charge in [-0.05, 0) is 29.8 Å². The van der Waals surface area contributed by atoms with Crippen molar-refractivity contribution in [2.75, 3.05) is 51.8 Å².